The van der Waals surface area contributed by atoms with Gasteiger partial charge in [0, 0.05) is 49.8 Å². The average molecular weight is 436 g/mol. The van der Waals surface area contributed by atoms with Crippen LogP contribution in [0.1, 0.15) is 0 Å². The topological polar surface area (TPSA) is 75.6 Å². The van der Waals surface area contributed by atoms with Gasteiger partial charge in [-0.05, 0) is 30.3 Å². The van der Waals surface area contributed by atoms with Crippen LogP contribution < -0.4 is 15.1 Å². The number of hydrogen-bond acceptors (Lipinski definition) is 8. The summed E-state index contributed by atoms with van der Waals surface area (Å²) < 4.78 is 25.6. The quantitative estimate of drug-likeness (QED) is 0.654. The molecular weight excluding hydrogens is 411 g/mol. The van der Waals surface area contributed by atoms with Gasteiger partial charge in [0.2, 0.25) is 5.95 Å². The lowest BCUT2D eigenvalue weighted by atomic mass is 10.2. The zero-order chi connectivity index (χ0) is 21.8. The van der Waals surface area contributed by atoms with Crippen LogP contribution in [-0.2, 0) is 9.47 Å². The van der Waals surface area contributed by atoms with Gasteiger partial charge in [0.15, 0.2) is 0 Å². The maximum atomic E-state index is 14.8. The predicted octanol–water partition coefficient (Wildman–Crippen LogP) is 3.09. The van der Waals surface area contributed by atoms with Crippen molar-refractivity contribution in [1.29, 1.82) is 0 Å². The first kappa shape index (κ1) is 20.6. The molecule has 0 aliphatic carbocycles. The Kier molecular flexibility index (Phi) is 6.09. The molecule has 2 aliphatic rings. The van der Waals surface area contributed by atoms with Crippen LogP contribution in [0, 0.1) is 5.82 Å². The number of morpholine rings is 2. The molecule has 8 nitrogen and oxygen atoms in total. The summed E-state index contributed by atoms with van der Waals surface area (Å²) in [5.41, 5.74) is 3.80. The molecule has 2 aliphatic heterocycles. The normalized spacial score (nSPS) is 16.8. The minimum absolute atomic E-state index is 0.331. The van der Waals surface area contributed by atoms with E-state index in [0.29, 0.717) is 38.1 Å². The number of rotatable bonds is 5. The first-order valence-corrected chi connectivity index (χ1v) is 10.8. The maximum Gasteiger partial charge on any atom is 0.227 e. The molecule has 3 aromatic rings. The number of benzene rings is 1. The Labute approximate surface area is 186 Å². The Bertz CT molecular complexity index is 1070. The van der Waals surface area contributed by atoms with Crippen molar-refractivity contribution < 1.29 is 13.9 Å². The lowest BCUT2D eigenvalue weighted by Gasteiger charge is -2.29. The highest BCUT2D eigenvalue weighted by Gasteiger charge is 2.15. The molecule has 0 spiro atoms. The molecule has 2 saturated heterocycles. The highest BCUT2D eigenvalue weighted by atomic mass is 19.1. The van der Waals surface area contributed by atoms with Crippen LogP contribution in [-0.4, -0.2) is 67.6 Å². The molecule has 0 unspecified atom stereocenters. The fourth-order valence-electron chi connectivity index (χ4n) is 3.89. The van der Waals surface area contributed by atoms with Crippen molar-refractivity contribution in [2.75, 3.05) is 67.7 Å². The summed E-state index contributed by atoms with van der Waals surface area (Å²) in [6.07, 6.45) is 5.28. The van der Waals surface area contributed by atoms with Gasteiger partial charge in [-0.1, -0.05) is 0 Å². The summed E-state index contributed by atoms with van der Waals surface area (Å²) in [6, 6.07) is 9.03. The van der Waals surface area contributed by atoms with E-state index in [1.807, 2.05) is 18.3 Å². The van der Waals surface area contributed by atoms with E-state index in [4.69, 9.17) is 9.47 Å². The Morgan fingerprint density at radius 2 is 1.56 bits per heavy atom. The first-order valence-electron chi connectivity index (χ1n) is 10.8. The molecule has 0 radical (unpaired) electrons. The zero-order valence-electron chi connectivity index (χ0n) is 17.7. The summed E-state index contributed by atoms with van der Waals surface area (Å²) in [6.45, 7) is 5.92. The number of ether oxygens (including phenoxy) is 2. The Morgan fingerprint density at radius 3 is 2.28 bits per heavy atom. The molecule has 9 heteroatoms. The van der Waals surface area contributed by atoms with Crippen molar-refractivity contribution >= 4 is 23.0 Å². The van der Waals surface area contributed by atoms with Gasteiger partial charge in [0.25, 0.3) is 0 Å². The third kappa shape index (κ3) is 4.63. The molecule has 5 rings (SSSR count). The molecule has 1 aromatic carbocycles. The van der Waals surface area contributed by atoms with Crippen molar-refractivity contribution in [2.45, 2.75) is 0 Å². The van der Waals surface area contributed by atoms with Crippen LogP contribution in [0.5, 0.6) is 0 Å². The van der Waals surface area contributed by atoms with Crippen LogP contribution in [0.15, 0.2) is 48.9 Å². The lowest BCUT2D eigenvalue weighted by molar-refractivity contribution is 0.122. The first-order chi connectivity index (χ1) is 15.8. The molecule has 4 heterocycles. The Hall–Kier alpha value is -3.30. The number of nitrogens with one attached hydrogen (secondary N) is 1. The SMILES string of the molecule is Fc1cc(N2CCOCC2)ccc1Nc1nccc(-c2cncc(N3CCOCC3)c2)n1. The molecule has 1 N–H and O–H groups in total. The van der Waals surface area contributed by atoms with E-state index in [2.05, 4.69) is 36.1 Å². The van der Waals surface area contributed by atoms with Gasteiger partial charge in [-0.15, -0.1) is 0 Å². The second-order valence-corrected chi connectivity index (χ2v) is 7.69. The number of halogens is 1. The minimum atomic E-state index is -0.348. The monoisotopic (exact) mass is 436 g/mol. The van der Waals surface area contributed by atoms with Gasteiger partial charge in [0.1, 0.15) is 5.82 Å². The van der Waals surface area contributed by atoms with Crippen LogP contribution in [0.3, 0.4) is 0 Å². The zero-order valence-corrected chi connectivity index (χ0v) is 17.7. The average Bonchev–Trinajstić information content (AvgIpc) is 2.87. The number of pyridine rings is 1. The van der Waals surface area contributed by atoms with E-state index < -0.39 is 0 Å². The molecule has 2 fully saturated rings. The van der Waals surface area contributed by atoms with E-state index in [-0.39, 0.29) is 5.82 Å². The van der Waals surface area contributed by atoms with Crippen molar-refractivity contribution in [3.63, 3.8) is 0 Å². The number of anilines is 4. The molecule has 2 aromatic heterocycles. The highest BCUT2D eigenvalue weighted by Crippen LogP contribution is 2.26. The van der Waals surface area contributed by atoms with Crippen LogP contribution in [0.4, 0.5) is 27.4 Å². The van der Waals surface area contributed by atoms with E-state index in [0.717, 1.165) is 48.8 Å². The standard InChI is InChI=1S/C23H25FN6O2/c24-20-14-18(29-5-9-31-10-6-29)1-2-22(20)28-23-26-4-3-21(27-23)17-13-19(16-25-15-17)30-7-11-32-12-8-30/h1-4,13-16H,5-12H2,(H,26,27,28). The number of nitrogens with zero attached hydrogens (tertiary/aromatic N) is 5. The van der Waals surface area contributed by atoms with Crippen LogP contribution in [0.2, 0.25) is 0 Å². The van der Waals surface area contributed by atoms with Crippen molar-refractivity contribution in [2.24, 2.45) is 0 Å². The van der Waals surface area contributed by atoms with Crippen molar-refractivity contribution in [3.05, 3.63) is 54.7 Å². The van der Waals surface area contributed by atoms with Crippen molar-refractivity contribution in [3.8, 4) is 11.3 Å². The van der Waals surface area contributed by atoms with Gasteiger partial charge in [0.05, 0.1) is 49.7 Å². The summed E-state index contributed by atoms with van der Waals surface area (Å²) in [5, 5.41) is 3.00. The fraction of sp³-hybridized carbons (Fsp3) is 0.348. The summed E-state index contributed by atoms with van der Waals surface area (Å²) in [5.74, 6) is -0.0173. The third-order valence-electron chi connectivity index (χ3n) is 5.63. The fourth-order valence-corrected chi connectivity index (χ4v) is 3.89. The molecule has 0 atom stereocenters. The van der Waals surface area contributed by atoms with Gasteiger partial charge in [-0.3, -0.25) is 4.98 Å². The van der Waals surface area contributed by atoms with E-state index in [1.54, 1.807) is 18.5 Å². The van der Waals surface area contributed by atoms with Crippen molar-refractivity contribution in [1.82, 2.24) is 15.0 Å². The van der Waals surface area contributed by atoms with E-state index in [9.17, 15) is 4.39 Å². The van der Waals surface area contributed by atoms with Crippen LogP contribution in [0.25, 0.3) is 11.3 Å². The lowest BCUT2D eigenvalue weighted by Crippen LogP contribution is -2.36. The third-order valence-corrected chi connectivity index (χ3v) is 5.63. The van der Waals surface area contributed by atoms with E-state index >= 15 is 0 Å². The van der Waals surface area contributed by atoms with E-state index in [1.165, 1.54) is 6.07 Å². The Morgan fingerprint density at radius 1 is 0.844 bits per heavy atom. The summed E-state index contributed by atoms with van der Waals surface area (Å²) in [4.78, 5) is 17.6. The molecule has 0 bridgehead atoms. The smallest absolute Gasteiger partial charge is 0.227 e. The van der Waals surface area contributed by atoms with Gasteiger partial charge in [-0.2, -0.15) is 0 Å². The molecule has 0 amide bonds. The minimum Gasteiger partial charge on any atom is -0.378 e. The molecule has 166 valence electrons. The predicted molar refractivity (Wildman–Crippen MR) is 121 cm³/mol. The second-order valence-electron chi connectivity index (χ2n) is 7.69. The number of hydrogen-bond donors (Lipinski definition) is 1. The molecule has 32 heavy (non-hydrogen) atoms. The second kappa shape index (κ2) is 9.46. The Balaban J connectivity index is 1.33. The number of aromatic nitrogens is 3. The summed E-state index contributed by atoms with van der Waals surface area (Å²) in [7, 11) is 0. The largest absolute Gasteiger partial charge is 0.378 e. The molecular formula is C23H25FN6O2. The maximum absolute atomic E-state index is 14.8. The summed E-state index contributed by atoms with van der Waals surface area (Å²) >= 11 is 0. The highest BCUT2D eigenvalue weighted by molar-refractivity contribution is 5.66. The van der Waals surface area contributed by atoms with Gasteiger partial charge >= 0.3 is 0 Å². The van der Waals surface area contributed by atoms with Gasteiger partial charge in [-0.25, -0.2) is 14.4 Å². The van der Waals surface area contributed by atoms with Crippen LogP contribution >= 0.6 is 0 Å². The van der Waals surface area contributed by atoms with Gasteiger partial charge < -0.3 is 24.6 Å². The molecule has 0 saturated carbocycles.